The molecule has 1 amide bonds. The minimum Gasteiger partial charge on any atom is -0.357 e. The van der Waals surface area contributed by atoms with Gasteiger partial charge < -0.3 is 10.2 Å². The number of carbonyl (C=O) groups is 1. The van der Waals surface area contributed by atoms with Crippen molar-refractivity contribution in [1.82, 2.24) is 25.1 Å². The molecule has 0 saturated carbocycles. The molecule has 184 valence electrons. The molecule has 0 atom stereocenters. The van der Waals surface area contributed by atoms with Gasteiger partial charge in [-0.2, -0.15) is 5.10 Å². The van der Waals surface area contributed by atoms with Crippen LogP contribution in [0.4, 0.5) is 11.5 Å². The van der Waals surface area contributed by atoms with Gasteiger partial charge in [0, 0.05) is 60.9 Å². The molecule has 3 aromatic heterocycles. The number of piperidine rings is 1. The molecule has 2 aliphatic heterocycles. The van der Waals surface area contributed by atoms with Crippen molar-refractivity contribution in [3.05, 3.63) is 66.2 Å². The molecule has 0 radical (unpaired) electrons. The van der Waals surface area contributed by atoms with Gasteiger partial charge in [0.05, 0.1) is 5.52 Å². The van der Waals surface area contributed by atoms with Crippen molar-refractivity contribution in [3.8, 4) is 11.1 Å². The highest BCUT2D eigenvalue weighted by atomic mass is 16.1. The number of nitrogens with zero attached hydrogens (tertiary/aromatic N) is 5. The predicted molar refractivity (Wildman–Crippen MR) is 142 cm³/mol. The summed E-state index contributed by atoms with van der Waals surface area (Å²) in [6.45, 7) is 5.24. The van der Waals surface area contributed by atoms with E-state index in [-0.39, 0.29) is 5.91 Å². The fraction of sp³-hybridized carbons (Fsp3) is 0.357. The van der Waals surface area contributed by atoms with Gasteiger partial charge in [0.15, 0.2) is 5.69 Å². The number of fused-ring (bicyclic) bond motifs is 1. The molecule has 0 bridgehead atoms. The lowest BCUT2D eigenvalue weighted by atomic mass is 10.0. The van der Waals surface area contributed by atoms with Gasteiger partial charge in [0.25, 0.3) is 5.91 Å². The SMILES string of the molecule is O=C(Nc1ccnc(N2CCCC2)c1)c1n[nH]c2ccc(-c3cncc(CN4CCCCC4)c3)cc12. The average Bonchev–Trinajstić information content (AvgIpc) is 3.60. The maximum Gasteiger partial charge on any atom is 0.276 e. The van der Waals surface area contributed by atoms with Gasteiger partial charge in [0.1, 0.15) is 5.82 Å². The number of benzene rings is 1. The molecule has 0 unspecified atom stereocenters. The van der Waals surface area contributed by atoms with E-state index in [9.17, 15) is 4.79 Å². The normalized spacial score (nSPS) is 16.5. The van der Waals surface area contributed by atoms with Gasteiger partial charge in [-0.15, -0.1) is 0 Å². The summed E-state index contributed by atoms with van der Waals surface area (Å²) in [6, 6.07) is 12.0. The Morgan fingerprint density at radius 1 is 0.917 bits per heavy atom. The lowest BCUT2D eigenvalue weighted by Crippen LogP contribution is -2.29. The Morgan fingerprint density at radius 2 is 1.75 bits per heavy atom. The zero-order valence-corrected chi connectivity index (χ0v) is 20.4. The maximum absolute atomic E-state index is 13.2. The van der Waals surface area contributed by atoms with Crippen LogP contribution in [0.15, 0.2) is 55.0 Å². The molecule has 2 N–H and O–H groups in total. The van der Waals surface area contributed by atoms with Crippen molar-refractivity contribution in [2.45, 2.75) is 38.6 Å². The summed E-state index contributed by atoms with van der Waals surface area (Å²) < 4.78 is 0. The quantitative estimate of drug-likeness (QED) is 0.409. The van der Waals surface area contributed by atoms with E-state index in [0.717, 1.165) is 66.3 Å². The highest BCUT2D eigenvalue weighted by Crippen LogP contribution is 2.27. The second-order valence-corrected chi connectivity index (χ2v) is 9.80. The van der Waals surface area contributed by atoms with Crippen molar-refractivity contribution in [3.63, 3.8) is 0 Å². The van der Waals surface area contributed by atoms with Crippen LogP contribution in [-0.2, 0) is 6.54 Å². The molecule has 2 aliphatic rings. The van der Waals surface area contributed by atoms with Crippen LogP contribution in [0.3, 0.4) is 0 Å². The van der Waals surface area contributed by atoms with Crippen LogP contribution in [0.25, 0.3) is 22.0 Å². The number of aromatic nitrogens is 4. The molecule has 2 fully saturated rings. The molecule has 8 heteroatoms. The van der Waals surface area contributed by atoms with Crippen molar-refractivity contribution in [2.75, 3.05) is 36.4 Å². The first-order valence-electron chi connectivity index (χ1n) is 12.9. The van der Waals surface area contributed by atoms with Crippen molar-refractivity contribution >= 4 is 28.3 Å². The third kappa shape index (κ3) is 4.81. The topological polar surface area (TPSA) is 90.0 Å². The minimum absolute atomic E-state index is 0.242. The minimum atomic E-state index is -0.242. The highest BCUT2D eigenvalue weighted by molar-refractivity contribution is 6.11. The lowest BCUT2D eigenvalue weighted by Gasteiger charge is -2.26. The first-order chi connectivity index (χ1) is 17.7. The Morgan fingerprint density at radius 3 is 2.61 bits per heavy atom. The molecule has 2 saturated heterocycles. The van der Waals surface area contributed by atoms with E-state index in [1.807, 2.05) is 36.7 Å². The Balaban J connectivity index is 1.23. The van der Waals surface area contributed by atoms with Crippen LogP contribution >= 0.6 is 0 Å². The van der Waals surface area contributed by atoms with Gasteiger partial charge in [-0.25, -0.2) is 4.98 Å². The van der Waals surface area contributed by atoms with Gasteiger partial charge in [-0.1, -0.05) is 12.5 Å². The molecule has 1 aromatic carbocycles. The van der Waals surface area contributed by atoms with Crippen LogP contribution in [0.5, 0.6) is 0 Å². The number of anilines is 2. The summed E-state index contributed by atoms with van der Waals surface area (Å²) in [6.07, 6.45) is 11.8. The number of amides is 1. The van der Waals surface area contributed by atoms with Gasteiger partial charge >= 0.3 is 0 Å². The molecule has 36 heavy (non-hydrogen) atoms. The summed E-state index contributed by atoms with van der Waals surface area (Å²) >= 11 is 0. The number of H-pyrrole nitrogens is 1. The van der Waals surface area contributed by atoms with E-state index >= 15 is 0 Å². The first-order valence-corrected chi connectivity index (χ1v) is 12.9. The molecular weight excluding hydrogens is 450 g/mol. The predicted octanol–water partition coefficient (Wildman–Crippen LogP) is 4.86. The number of hydrogen-bond acceptors (Lipinski definition) is 6. The third-order valence-corrected chi connectivity index (χ3v) is 7.19. The summed E-state index contributed by atoms with van der Waals surface area (Å²) in [4.78, 5) is 26.9. The van der Waals surface area contributed by atoms with Crippen LogP contribution < -0.4 is 10.2 Å². The Kier molecular flexibility index (Phi) is 6.34. The van der Waals surface area contributed by atoms with E-state index < -0.39 is 0 Å². The number of pyridine rings is 2. The molecule has 0 spiro atoms. The number of likely N-dealkylation sites (tertiary alicyclic amines) is 1. The summed E-state index contributed by atoms with van der Waals surface area (Å²) in [5.41, 5.74) is 5.21. The monoisotopic (exact) mass is 481 g/mol. The number of rotatable bonds is 6. The Bertz CT molecular complexity index is 1370. The molecule has 4 aromatic rings. The largest absolute Gasteiger partial charge is 0.357 e. The van der Waals surface area contributed by atoms with E-state index in [1.165, 1.54) is 37.7 Å². The van der Waals surface area contributed by atoms with E-state index in [0.29, 0.717) is 5.69 Å². The van der Waals surface area contributed by atoms with Crippen molar-refractivity contribution in [2.24, 2.45) is 0 Å². The zero-order chi connectivity index (χ0) is 24.3. The molecule has 5 heterocycles. The Labute approximate surface area is 210 Å². The van der Waals surface area contributed by atoms with Crippen LogP contribution in [0, 0.1) is 0 Å². The number of hydrogen-bond donors (Lipinski definition) is 2. The van der Waals surface area contributed by atoms with Crippen LogP contribution in [-0.4, -0.2) is 57.2 Å². The second kappa shape index (κ2) is 10.1. The highest BCUT2D eigenvalue weighted by Gasteiger charge is 2.18. The molecule has 8 nitrogen and oxygen atoms in total. The summed E-state index contributed by atoms with van der Waals surface area (Å²) in [5.74, 6) is 0.658. The smallest absolute Gasteiger partial charge is 0.276 e. The lowest BCUT2D eigenvalue weighted by molar-refractivity contribution is 0.102. The van der Waals surface area contributed by atoms with E-state index in [4.69, 9.17) is 0 Å². The van der Waals surface area contributed by atoms with E-state index in [1.54, 1.807) is 6.20 Å². The molecule has 0 aliphatic carbocycles. The second-order valence-electron chi connectivity index (χ2n) is 9.80. The Hall–Kier alpha value is -3.78. The van der Waals surface area contributed by atoms with Crippen LogP contribution in [0.2, 0.25) is 0 Å². The number of aromatic amines is 1. The van der Waals surface area contributed by atoms with E-state index in [2.05, 4.69) is 47.4 Å². The van der Waals surface area contributed by atoms with Gasteiger partial charge in [-0.05, 0) is 74.2 Å². The molecular formula is C28H31N7O. The van der Waals surface area contributed by atoms with Crippen molar-refractivity contribution in [1.29, 1.82) is 0 Å². The number of carbonyl (C=O) groups excluding carboxylic acids is 1. The fourth-order valence-corrected chi connectivity index (χ4v) is 5.28. The van der Waals surface area contributed by atoms with Gasteiger partial charge in [-0.3, -0.25) is 19.8 Å². The fourth-order valence-electron chi connectivity index (χ4n) is 5.28. The third-order valence-electron chi connectivity index (χ3n) is 7.19. The standard InChI is InChI=1S/C28H31N7O/c36-28(31-23-8-9-30-26(16-23)35-12-4-5-13-35)27-24-15-21(6-7-25(24)32-33-27)22-14-20(17-29-18-22)19-34-10-2-1-3-11-34/h6-9,14-18H,1-5,10-13,19H2,(H,32,33)(H,30,31,36). The van der Waals surface area contributed by atoms with Crippen LogP contribution in [0.1, 0.15) is 48.2 Å². The first kappa shape index (κ1) is 22.7. The van der Waals surface area contributed by atoms with Gasteiger partial charge in [0.2, 0.25) is 0 Å². The summed E-state index contributed by atoms with van der Waals surface area (Å²) in [5, 5.41) is 11.1. The summed E-state index contributed by atoms with van der Waals surface area (Å²) in [7, 11) is 0. The molecule has 6 rings (SSSR count). The van der Waals surface area contributed by atoms with Crippen molar-refractivity contribution < 1.29 is 4.79 Å². The number of nitrogens with one attached hydrogen (secondary N) is 2. The maximum atomic E-state index is 13.2. The average molecular weight is 482 g/mol. The zero-order valence-electron chi connectivity index (χ0n) is 20.4.